The van der Waals surface area contributed by atoms with E-state index in [2.05, 4.69) is 181 Å². The van der Waals surface area contributed by atoms with Gasteiger partial charge < -0.3 is 18.2 Å². The second-order valence-corrected chi connectivity index (χ2v) is 14.8. The van der Waals surface area contributed by atoms with Crippen LogP contribution < -0.4 is 4.90 Å². The first-order valence-corrected chi connectivity index (χ1v) is 19.6. The van der Waals surface area contributed by atoms with Gasteiger partial charge in [-0.25, -0.2) is 0 Å². The lowest BCUT2D eigenvalue weighted by molar-refractivity contribution is 0.666. The SMILES string of the molecule is c1ccc(-c2cccc3c2oc2ccc(-c4ccc(N(c5cccc6c5oc5ccccc56)c5cccc6c5oc5c(-c7ccccc7)cccc56)cc4)cc23)cc1. The maximum atomic E-state index is 6.98. The Morgan fingerprint density at radius 3 is 1.41 bits per heavy atom. The summed E-state index contributed by atoms with van der Waals surface area (Å²) < 4.78 is 20.2. The van der Waals surface area contributed by atoms with Crippen LogP contribution in [0.3, 0.4) is 0 Å². The predicted molar refractivity (Wildman–Crippen MR) is 239 cm³/mol. The van der Waals surface area contributed by atoms with Crippen molar-refractivity contribution in [2.75, 3.05) is 4.90 Å². The summed E-state index contributed by atoms with van der Waals surface area (Å²) in [7, 11) is 0. The number of fused-ring (bicyclic) bond motifs is 9. The van der Waals surface area contributed by atoms with E-state index in [0.717, 1.165) is 116 Å². The molecule has 0 saturated heterocycles. The molecule has 0 atom stereocenters. The van der Waals surface area contributed by atoms with Crippen LogP contribution in [0.2, 0.25) is 0 Å². The predicted octanol–water partition coefficient (Wildman–Crippen LogP) is 15.9. The van der Waals surface area contributed by atoms with Crippen LogP contribution in [0.1, 0.15) is 0 Å². The van der Waals surface area contributed by atoms with Gasteiger partial charge in [-0.1, -0.05) is 158 Å². The Kier molecular flexibility index (Phi) is 7.20. The van der Waals surface area contributed by atoms with Crippen LogP contribution in [0.5, 0.6) is 0 Å². The number of hydrogen-bond donors (Lipinski definition) is 0. The van der Waals surface area contributed by atoms with E-state index >= 15 is 0 Å². The standard InChI is InChI=1S/C54H33NO3/c1-3-13-35(14-4-1)39-18-10-21-45-46-33-37(29-32-50(46)56-51(39)45)34-27-30-38(31-28-34)55(47-24-11-22-42-41-17-7-8-26-49(41)57-53(42)47)48-25-12-23-44-43-20-9-19-40(52(43)58-54(44)48)36-15-5-2-6-16-36/h1-33H. The van der Waals surface area contributed by atoms with Crippen LogP contribution >= 0.6 is 0 Å². The molecule has 9 aromatic carbocycles. The molecule has 0 amide bonds. The summed E-state index contributed by atoms with van der Waals surface area (Å²) in [5.41, 5.74) is 14.6. The molecule has 0 radical (unpaired) electrons. The molecule has 3 heterocycles. The van der Waals surface area contributed by atoms with Crippen molar-refractivity contribution in [1.82, 2.24) is 0 Å². The second kappa shape index (κ2) is 12.9. The third-order valence-corrected chi connectivity index (χ3v) is 11.5. The van der Waals surface area contributed by atoms with E-state index in [1.165, 1.54) is 0 Å². The zero-order valence-corrected chi connectivity index (χ0v) is 31.2. The van der Waals surface area contributed by atoms with E-state index in [1.54, 1.807) is 0 Å². The lowest BCUT2D eigenvalue weighted by Crippen LogP contribution is -2.10. The molecule has 0 aliphatic rings. The van der Waals surface area contributed by atoms with Gasteiger partial charge in [0.15, 0.2) is 11.2 Å². The van der Waals surface area contributed by atoms with Gasteiger partial charge in [0.2, 0.25) is 0 Å². The smallest absolute Gasteiger partial charge is 0.159 e. The van der Waals surface area contributed by atoms with Gasteiger partial charge in [-0.15, -0.1) is 0 Å². The molecule has 0 aliphatic carbocycles. The van der Waals surface area contributed by atoms with Gasteiger partial charge in [0.1, 0.15) is 22.3 Å². The highest BCUT2D eigenvalue weighted by Gasteiger charge is 2.24. The first-order chi connectivity index (χ1) is 28.8. The van der Waals surface area contributed by atoms with Gasteiger partial charge in [-0.2, -0.15) is 0 Å². The van der Waals surface area contributed by atoms with Crippen LogP contribution in [0.25, 0.3) is 99.2 Å². The highest BCUT2D eigenvalue weighted by molar-refractivity contribution is 6.16. The van der Waals surface area contributed by atoms with E-state index in [4.69, 9.17) is 13.3 Å². The van der Waals surface area contributed by atoms with Gasteiger partial charge in [0, 0.05) is 49.1 Å². The van der Waals surface area contributed by atoms with Crippen molar-refractivity contribution >= 4 is 82.9 Å². The minimum atomic E-state index is 0.810. The Balaban J connectivity index is 1.03. The Labute approximate surface area is 333 Å². The summed E-state index contributed by atoms with van der Waals surface area (Å²) in [5.74, 6) is 0. The van der Waals surface area contributed by atoms with Crippen molar-refractivity contribution in [1.29, 1.82) is 0 Å². The van der Waals surface area contributed by atoms with Gasteiger partial charge in [0.05, 0.1) is 11.4 Å². The van der Waals surface area contributed by atoms with Crippen molar-refractivity contribution < 1.29 is 13.3 Å². The Morgan fingerprint density at radius 1 is 0.276 bits per heavy atom. The molecular formula is C54H33NO3. The molecule has 0 bridgehead atoms. The minimum Gasteiger partial charge on any atom is -0.455 e. The quantitative estimate of drug-likeness (QED) is 0.170. The average molecular weight is 744 g/mol. The third kappa shape index (κ3) is 5.02. The second-order valence-electron chi connectivity index (χ2n) is 14.8. The van der Waals surface area contributed by atoms with Crippen LogP contribution in [-0.4, -0.2) is 0 Å². The number of hydrogen-bond acceptors (Lipinski definition) is 4. The van der Waals surface area contributed by atoms with Crippen LogP contribution in [0.15, 0.2) is 213 Å². The molecule has 12 aromatic rings. The maximum Gasteiger partial charge on any atom is 0.159 e. The average Bonchev–Trinajstić information content (AvgIpc) is 3.99. The molecule has 3 aromatic heterocycles. The molecule has 0 N–H and O–H groups in total. The summed E-state index contributed by atoms with van der Waals surface area (Å²) in [6, 6.07) is 70.0. The molecule has 0 aliphatic heterocycles. The van der Waals surface area contributed by atoms with E-state index in [9.17, 15) is 0 Å². The molecule has 4 nitrogen and oxygen atoms in total. The lowest BCUT2D eigenvalue weighted by Gasteiger charge is -2.25. The fourth-order valence-corrected chi connectivity index (χ4v) is 8.77. The molecule has 272 valence electrons. The Morgan fingerprint density at radius 2 is 0.741 bits per heavy atom. The number of para-hydroxylation sites is 5. The molecule has 0 fully saturated rings. The maximum absolute atomic E-state index is 6.98. The number of rotatable bonds is 6. The fourth-order valence-electron chi connectivity index (χ4n) is 8.77. The molecule has 58 heavy (non-hydrogen) atoms. The zero-order chi connectivity index (χ0) is 38.2. The normalized spacial score (nSPS) is 11.8. The molecule has 12 rings (SSSR count). The minimum absolute atomic E-state index is 0.810. The lowest BCUT2D eigenvalue weighted by atomic mass is 10.00. The number of nitrogens with zero attached hydrogens (tertiary/aromatic N) is 1. The fraction of sp³-hybridized carbons (Fsp3) is 0. The van der Waals surface area contributed by atoms with E-state index in [-0.39, 0.29) is 0 Å². The van der Waals surface area contributed by atoms with Crippen molar-refractivity contribution in [3.05, 3.63) is 200 Å². The largest absolute Gasteiger partial charge is 0.455 e. The van der Waals surface area contributed by atoms with Gasteiger partial charge >= 0.3 is 0 Å². The van der Waals surface area contributed by atoms with Crippen LogP contribution in [0, 0.1) is 0 Å². The first kappa shape index (κ1) is 32.4. The molecule has 4 heteroatoms. The summed E-state index contributed by atoms with van der Waals surface area (Å²) in [5, 5.41) is 6.48. The van der Waals surface area contributed by atoms with Gasteiger partial charge in [-0.3, -0.25) is 0 Å². The van der Waals surface area contributed by atoms with Crippen LogP contribution in [0.4, 0.5) is 17.1 Å². The molecule has 0 saturated carbocycles. The van der Waals surface area contributed by atoms with Crippen molar-refractivity contribution in [2.24, 2.45) is 0 Å². The number of furan rings is 3. The zero-order valence-electron chi connectivity index (χ0n) is 31.2. The third-order valence-electron chi connectivity index (χ3n) is 11.5. The van der Waals surface area contributed by atoms with Gasteiger partial charge in [0.25, 0.3) is 0 Å². The summed E-state index contributed by atoms with van der Waals surface area (Å²) in [6.07, 6.45) is 0. The summed E-state index contributed by atoms with van der Waals surface area (Å²) in [6.45, 7) is 0. The molecule has 0 unspecified atom stereocenters. The van der Waals surface area contributed by atoms with E-state index in [1.807, 2.05) is 24.3 Å². The van der Waals surface area contributed by atoms with Crippen molar-refractivity contribution in [3.63, 3.8) is 0 Å². The monoisotopic (exact) mass is 743 g/mol. The highest BCUT2D eigenvalue weighted by atomic mass is 16.3. The van der Waals surface area contributed by atoms with Crippen LogP contribution in [-0.2, 0) is 0 Å². The summed E-state index contributed by atoms with van der Waals surface area (Å²) in [4.78, 5) is 2.28. The topological polar surface area (TPSA) is 42.7 Å². The number of benzene rings is 9. The number of anilines is 3. The molecular weight excluding hydrogens is 711 g/mol. The van der Waals surface area contributed by atoms with E-state index in [0.29, 0.717) is 0 Å². The summed E-state index contributed by atoms with van der Waals surface area (Å²) >= 11 is 0. The van der Waals surface area contributed by atoms with Crippen molar-refractivity contribution in [2.45, 2.75) is 0 Å². The van der Waals surface area contributed by atoms with E-state index < -0.39 is 0 Å². The highest BCUT2D eigenvalue weighted by Crippen LogP contribution is 2.47. The van der Waals surface area contributed by atoms with Gasteiger partial charge in [-0.05, 0) is 64.7 Å². The Bertz CT molecular complexity index is 3500. The first-order valence-electron chi connectivity index (χ1n) is 19.6. The Hall–Kier alpha value is -7.82. The molecule has 0 spiro atoms. The van der Waals surface area contributed by atoms with Crippen molar-refractivity contribution in [3.8, 4) is 33.4 Å².